The van der Waals surface area contributed by atoms with E-state index in [-0.39, 0.29) is 5.92 Å². The van der Waals surface area contributed by atoms with Gasteiger partial charge in [0.05, 0.1) is 26.5 Å². The topological polar surface area (TPSA) is 17.6 Å². The zero-order valence-corrected chi connectivity index (χ0v) is 37.8. The average molecular weight is 811 g/mol. The van der Waals surface area contributed by atoms with Gasteiger partial charge in [-0.05, 0) is 156 Å². The van der Waals surface area contributed by atoms with Gasteiger partial charge in [0, 0.05) is 33.7 Å². The van der Waals surface area contributed by atoms with Crippen molar-refractivity contribution in [2.75, 3.05) is 0 Å². The first-order valence-corrected chi connectivity index (χ1v) is 22.5. The first kappa shape index (κ1) is 39.6. The minimum absolute atomic E-state index is 0.277. The monoisotopic (exact) mass is 810 g/mol. The molecule has 0 spiro atoms. The molecule has 10 rings (SSSR count). The predicted octanol–water partition coefficient (Wildman–Crippen LogP) is 13.7. The number of nitrogens with zero attached hydrogens (tertiary/aromatic N) is 4. The van der Waals surface area contributed by atoms with Crippen LogP contribution in [0.4, 0.5) is 0 Å². The fourth-order valence-electron chi connectivity index (χ4n) is 10.9. The van der Waals surface area contributed by atoms with Gasteiger partial charge in [-0.25, -0.2) is 9.13 Å². The number of allylic oxidation sites excluding steroid dienone is 4. The Hall–Kier alpha value is -6.52. The first-order chi connectivity index (χ1) is 30.0. The second-order valence-corrected chi connectivity index (χ2v) is 18.5. The smallest absolute Gasteiger partial charge is 0.237 e. The summed E-state index contributed by atoms with van der Waals surface area (Å²) in [6, 6.07) is 45.9. The Morgan fingerprint density at radius 3 is 1.85 bits per heavy atom. The highest BCUT2D eigenvalue weighted by atomic mass is 15.1. The number of hydrogen-bond donors (Lipinski definition) is 0. The SMILES string of the molecule is CC1=C(c2cc[n+](C)c(-n3c4ccccc4c4cc(CC(C)c5cccc(C(C)C)c5-c5cc[n+](C)c(-n6c7ccccc7c7cccc(C)c76)c5)cc(C)c43)c2)C(C)CC=C1. The van der Waals surface area contributed by atoms with Crippen molar-refractivity contribution in [1.82, 2.24) is 9.13 Å². The van der Waals surface area contributed by atoms with E-state index in [9.17, 15) is 0 Å². The molecule has 1 aliphatic rings. The van der Waals surface area contributed by atoms with E-state index in [0.717, 1.165) is 18.7 Å². The van der Waals surface area contributed by atoms with Crippen LogP contribution in [0.3, 0.4) is 0 Å². The Bertz CT molecular complexity index is 3310. The normalized spacial score (nSPS) is 15.0. The maximum absolute atomic E-state index is 2.51. The van der Waals surface area contributed by atoms with E-state index < -0.39 is 0 Å². The van der Waals surface area contributed by atoms with Crippen LogP contribution in [0, 0.1) is 19.8 Å². The lowest BCUT2D eigenvalue weighted by Crippen LogP contribution is -2.33. The number of fused-ring (bicyclic) bond motifs is 6. The molecule has 0 saturated heterocycles. The molecule has 0 bridgehead atoms. The number of rotatable bonds is 8. The first-order valence-electron chi connectivity index (χ1n) is 22.5. The Balaban J connectivity index is 1.09. The van der Waals surface area contributed by atoms with Crippen molar-refractivity contribution in [1.29, 1.82) is 0 Å². The molecule has 2 atom stereocenters. The highest BCUT2D eigenvalue weighted by molar-refractivity contribution is 6.11. The maximum atomic E-state index is 2.51. The van der Waals surface area contributed by atoms with Gasteiger partial charge < -0.3 is 0 Å². The average Bonchev–Trinajstić information content (AvgIpc) is 3.78. The van der Waals surface area contributed by atoms with Crippen molar-refractivity contribution in [2.24, 2.45) is 20.0 Å². The van der Waals surface area contributed by atoms with Crippen molar-refractivity contribution in [2.45, 2.75) is 73.1 Å². The van der Waals surface area contributed by atoms with Gasteiger partial charge >= 0.3 is 0 Å². The Kier molecular flexibility index (Phi) is 9.86. The molecule has 4 aromatic heterocycles. The van der Waals surface area contributed by atoms with E-state index in [1.54, 1.807) is 0 Å². The Morgan fingerprint density at radius 1 is 0.597 bits per heavy atom. The van der Waals surface area contributed by atoms with Gasteiger partial charge in [0.15, 0.2) is 0 Å². The minimum Gasteiger partial charge on any atom is -0.237 e. The number of pyridine rings is 2. The number of hydrogen-bond acceptors (Lipinski definition) is 0. The number of aromatic nitrogens is 4. The van der Waals surface area contributed by atoms with Gasteiger partial charge in [-0.15, -0.1) is 0 Å². The third-order valence-corrected chi connectivity index (χ3v) is 13.8. The fourth-order valence-corrected chi connectivity index (χ4v) is 10.9. The molecule has 9 aromatic rings. The lowest BCUT2D eigenvalue weighted by molar-refractivity contribution is -0.665. The Morgan fingerprint density at radius 2 is 1.18 bits per heavy atom. The van der Waals surface area contributed by atoms with Crippen LogP contribution >= 0.6 is 0 Å². The zero-order valence-electron chi connectivity index (χ0n) is 37.8. The van der Waals surface area contributed by atoms with E-state index >= 15 is 0 Å². The minimum atomic E-state index is 0.277. The summed E-state index contributed by atoms with van der Waals surface area (Å²) in [5.41, 5.74) is 18.5. The summed E-state index contributed by atoms with van der Waals surface area (Å²) in [7, 11) is 4.36. The Labute approximate surface area is 366 Å². The quantitative estimate of drug-likeness (QED) is 0.136. The van der Waals surface area contributed by atoms with Gasteiger partial charge in [-0.3, -0.25) is 0 Å². The lowest BCUT2D eigenvalue weighted by Gasteiger charge is -2.22. The van der Waals surface area contributed by atoms with E-state index in [4.69, 9.17) is 0 Å². The molecule has 0 aliphatic heterocycles. The van der Waals surface area contributed by atoms with Gasteiger partial charge in [-0.1, -0.05) is 101 Å². The molecule has 4 heterocycles. The summed E-state index contributed by atoms with van der Waals surface area (Å²) in [6.07, 6.45) is 11.1. The second-order valence-electron chi connectivity index (χ2n) is 18.5. The van der Waals surface area contributed by atoms with Crippen molar-refractivity contribution < 1.29 is 9.13 Å². The van der Waals surface area contributed by atoms with Crippen LogP contribution < -0.4 is 9.13 Å². The van der Waals surface area contributed by atoms with Crippen LogP contribution in [-0.2, 0) is 20.5 Å². The molecular formula is C58H58N4+2. The van der Waals surface area contributed by atoms with E-state index in [1.165, 1.54) is 105 Å². The van der Waals surface area contributed by atoms with Crippen molar-refractivity contribution in [3.63, 3.8) is 0 Å². The van der Waals surface area contributed by atoms with Crippen molar-refractivity contribution in [3.05, 3.63) is 185 Å². The third kappa shape index (κ3) is 6.42. The maximum Gasteiger partial charge on any atom is 0.287 e. The van der Waals surface area contributed by atoms with Crippen LogP contribution in [0.25, 0.3) is 71.9 Å². The molecule has 308 valence electrons. The summed E-state index contributed by atoms with van der Waals surface area (Å²) >= 11 is 0. The third-order valence-electron chi connectivity index (χ3n) is 13.8. The largest absolute Gasteiger partial charge is 0.287 e. The summed E-state index contributed by atoms with van der Waals surface area (Å²) in [6.45, 7) is 16.3. The molecule has 0 amide bonds. The standard InChI is InChI=1S/C58H58N4/c1-36(2)45-22-16-23-46(56(45)44-28-30-60(9)54(35-44)61-51-25-12-10-20-47(51)49-24-15-19-39(5)57(49)61)40(6)31-42-32-41(7)58-50(33-42)48-21-11-13-26-52(48)62(58)53-34-43(27-29-59(53)8)55-37(3)17-14-18-38(55)4/h10-17,19-30,32-36,38,40H,18,31H2,1-9H3/q+2. The van der Waals surface area contributed by atoms with E-state index in [2.05, 4.69) is 227 Å². The van der Waals surface area contributed by atoms with E-state index in [0.29, 0.717) is 11.8 Å². The van der Waals surface area contributed by atoms with Crippen LogP contribution in [0.1, 0.15) is 86.3 Å². The molecule has 0 saturated carbocycles. The fraction of sp³-hybridized carbons (Fsp3) is 0.241. The summed E-state index contributed by atoms with van der Waals surface area (Å²) in [4.78, 5) is 0. The molecule has 1 aliphatic carbocycles. The molecule has 2 unspecified atom stereocenters. The van der Waals surface area contributed by atoms with Crippen LogP contribution in [-0.4, -0.2) is 9.13 Å². The number of para-hydroxylation sites is 3. The molecule has 0 fully saturated rings. The zero-order chi connectivity index (χ0) is 43.0. The van der Waals surface area contributed by atoms with Crippen LogP contribution in [0.15, 0.2) is 151 Å². The van der Waals surface area contributed by atoms with Gasteiger partial charge in [0.1, 0.15) is 22.1 Å². The molecule has 0 N–H and O–H groups in total. The van der Waals surface area contributed by atoms with Gasteiger partial charge in [0.2, 0.25) is 0 Å². The van der Waals surface area contributed by atoms with E-state index in [1.807, 2.05) is 0 Å². The summed E-state index contributed by atoms with van der Waals surface area (Å²) in [5.74, 6) is 3.48. The molecular weight excluding hydrogens is 753 g/mol. The highest BCUT2D eigenvalue weighted by Gasteiger charge is 2.28. The second kappa shape index (κ2) is 15.4. The van der Waals surface area contributed by atoms with Gasteiger partial charge in [-0.2, -0.15) is 9.13 Å². The summed E-state index contributed by atoms with van der Waals surface area (Å²) < 4.78 is 9.54. The molecule has 4 nitrogen and oxygen atoms in total. The number of aryl methyl sites for hydroxylation is 4. The van der Waals surface area contributed by atoms with Crippen LogP contribution in [0.5, 0.6) is 0 Å². The molecule has 5 aromatic carbocycles. The van der Waals surface area contributed by atoms with Gasteiger partial charge in [0.25, 0.3) is 11.6 Å². The molecule has 62 heavy (non-hydrogen) atoms. The predicted molar refractivity (Wildman–Crippen MR) is 261 cm³/mol. The van der Waals surface area contributed by atoms with Crippen molar-refractivity contribution >= 4 is 49.2 Å². The van der Waals surface area contributed by atoms with Crippen molar-refractivity contribution in [3.8, 4) is 22.8 Å². The highest BCUT2D eigenvalue weighted by Crippen LogP contribution is 2.41. The summed E-state index contributed by atoms with van der Waals surface area (Å²) in [5, 5.41) is 5.18. The molecule has 4 heteroatoms. The molecule has 0 radical (unpaired) electrons. The lowest BCUT2D eigenvalue weighted by atomic mass is 9.82. The van der Waals surface area contributed by atoms with Crippen LogP contribution in [0.2, 0.25) is 0 Å². The number of benzene rings is 5.